The molecule has 4 nitrogen and oxygen atoms in total. The lowest BCUT2D eigenvalue weighted by Crippen LogP contribution is -2.33. The van der Waals surface area contributed by atoms with Crippen LogP contribution in [0, 0.1) is 0 Å². The van der Waals surface area contributed by atoms with Crippen molar-refractivity contribution in [1.82, 2.24) is 15.1 Å². The van der Waals surface area contributed by atoms with Gasteiger partial charge >= 0.3 is 0 Å². The summed E-state index contributed by atoms with van der Waals surface area (Å²) < 4.78 is 7.67. The molecule has 1 aromatic heterocycles. The maximum atomic E-state index is 5.71. The number of aromatic nitrogens is 2. The Labute approximate surface area is 103 Å². The molecule has 2 atom stereocenters. The summed E-state index contributed by atoms with van der Waals surface area (Å²) in [4.78, 5) is 0. The molecule has 17 heavy (non-hydrogen) atoms. The second-order valence-electron chi connectivity index (χ2n) is 4.75. The maximum Gasteiger partial charge on any atom is 0.0699 e. The normalized spacial score (nSPS) is 22.6. The quantitative estimate of drug-likeness (QED) is 0.852. The number of nitrogens with one attached hydrogen (secondary N) is 1. The van der Waals surface area contributed by atoms with Crippen LogP contribution in [0.3, 0.4) is 0 Å². The first-order chi connectivity index (χ1) is 8.29. The van der Waals surface area contributed by atoms with Crippen LogP contribution < -0.4 is 5.32 Å². The highest BCUT2D eigenvalue weighted by Gasteiger charge is 2.15. The van der Waals surface area contributed by atoms with Crippen LogP contribution in [-0.2, 0) is 11.3 Å². The van der Waals surface area contributed by atoms with E-state index in [1.165, 1.54) is 24.8 Å². The van der Waals surface area contributed by atoms with Crippen molar-refractivity contribution < 1.29 is 4.74 Å². The Morgan fingerprint density at radius 1 is 1.59 bits per heavy atom. The maximum absolute atomic E-state index is 5.71. The van der Waals surface area contributed by atoms with Gasteiger partial charge in [-0.25, -0.2) is 0 Å². The number of nitrogens with zero attached hydrogens (tertiary/aromatic N) is 2. The molecule has 2 rings (SSSR count). The Morgan fingerprint density at radius 3 is 3.12 bits per heavy atom. The third-order valence-electron chi connectivity index (χ3n) is 3.40. The molecule has 4 heteroatoms. The first kappa shape index (κ1) is 12.6. The first-order valence-corrected chi connectivity index (χ1v) is 6.67. The van der Waals surface area contributed by atoms with Gasteiger partial charge in [-0.05, 0) is 33.1 Å². The molecule has 1 aliphatic rings. The molecule has 2 heterocycles. The minimum Gasteiger partial charge on any atom is -0.377 e. The van der Waals surface area contributed by atoms with Gasteiger partial charge in [0.2, 0.25) is 0 Å². The van der Waals surface area contributed by atoms with Crippen molar-refractivity contribution in [3.8, 4) is 0 Å². The molecule has 1 aliphatic heterocycles. The highest BCUT2D eigenvalue weighted by molar-refractivity contribution is 5.09. The number of rotatable bonds is 5. The number of ether oxygens (including phenoxy) is 1. The van der Waals surface area contributed by atoms with Crippen LogP contribution >= 0.6 is 0 Å². The number of aryl methyl sites for hydroxylation is 1. The van der Waals surface area contributed by atoms with Crippen LogP contribution in [0.25, 0.3) is 0 Å². The number of hydrogen-bond donors (Lipinski definition) is 1. The smallest absolute Gasteiger partial charge is 0.0699 e. The average molecular weight is 237 g/mol. The van der Waals surface area contributed by atoms with E-state index < -0.39 is 0 Å². The minimum atomic E-state index is 0.348. The van der Waals surface area contributed by atoms with Gasteiger partial charge in [0.1, 0.15) is 0 Å². The van der Waals surface area contributed by atoms with Gasteiger partial charge in [-0.3, -0.25) is 4.68 Å². The van der Waals surface area contributed by atoms with Gasteiger partial charge in [-0.2, -0.15) is 5.10 Å². The molecule has 1 fully saturated rings. The van der Waals surface area contributed by atoms with Gasteiger partial charge in [0, 0.05) is 37.5 Å². The Morgan fingerprint density at radius 2 is 2.47 bits per heavy atom. The van der Waals surface area contributed by atoms with Crippen molar-refractivity contribution in [3.05, 3.63) is 18.0 Å². The summed E-state index contributed by atoms with van der Waals surface area (Å²) in [5.41, 5.74) is 1.25. The van der Waals surface area contributed by atoms with Crippen molar-refractivity contribution >= 4 is 0 Å². The van der Waals surface area contributed by atoms with E-state index >= 15 is 0 Å². The van der Waals surface area contributed by atoms with Crippen LogP contribution in [0.15, 0.2) is 12.4 Å². The molecule has 0 aliphatic carbocycles. The zero-order chi connectivity index (χ0) is 12.1. The molecule has 2 unspecified atom stereocenters. The Bertz CT molecular complexity index is 331. The van der Waals surface area contributed by atoms with Crippen molar-refractivity contribution in [2.75, 3.05) is 13.2 Å². The first-order valence-electron chi connectivity index (χ1n) is 6.67. The standard InChI is InChI=1S/C13H23N3O/c1-3-16-10-12(8-15-16)11(2)14-9-13-6-4-5-7-17-13/h8,10-11,13-14H,3-7,9H2,1-2H3. The minimum absolute atomic E-state index is 0.348. The molecule has 1 saturated heterocycles. The highest BCUT2D eigenvalue weighted by Crippen LogP contribution is 2.15. The van der Waals surface area contributed by atoms with Crippen molar-refractivity contribution in [2.24, 2.45) is 0 Å². The average Bonchev–Trinajstić information content (AvgIpc) is 2.86. The molecule has 0 saturated carbocycles. The van der Waals surface area contributed by atoms with Crippen LogP contribution in [-0.4, -0.2) is 29.0 Å². The van der Waals surface area contributed by atoms with Crippen LogP contribution in [0.2, 0.25) is 0 Å². The van der Waals surface area contributed by atoms with Gasteiger partial charge < -0.3 is 10.1 Å². The van der Waals surface area contributed by atoms with E-state index in [4.69, 9.17) is 4.74 Å². The molecule has 0 spiro atoms. The van der Waals surface area contributed by atoms with E-state index in [0.29, 0.717) is 12.1 Å². The molecule has 0 aromatic carbocycles. The summed E-state index contributed by atoms with van der Waals surface area (Å²) in [6.45, 7) is 7.08. The summed E-state index contributed by atoms with van der Waals surface area (Å²) in [7, 11) is 0. The van der Waals surface area contributed by atoms with Crippen molar-refractivity contribution in [3.63, 3.8) is 0 Å². The molecule has 1 N–H and O–H groups in total. The number of hydrogen-bond acceptors (Lipinski definition) is 3. The van der Waals surface area contributed by atoms with Crippen molar-refractivity contribution in [2.45, 2.75) is 51.8 Å². The predicted molar refractivity (Wildman–Crippen MR) is 67.9 cm³/mol. The second-order valence-corrected chi connectivity index (χ2v) is 4.75. The zero-order valence-electron chi connectivity index (χ0n) is 10.9. The molecule has 0 amide bonds. The third-order valence-corrected chi connectivity index (χ3v) is 3.40. The van der Waals surface area contributed by atoms with Crippen molar-refractivity contribution in [1.29, 1.82) is 0 Å². The van der Waals surface area contributed by atoms with Crippen LogP contribution in [0.4, 0.5) is 0 Å². The molecule has 0 bridgehead atoms. The molecular weight excluding hydrogens is 214 g/mol. The topological polar surface area (TPSA) is 39.1 Å². The zero-order valence-corrected chi connectivity index (χ0v) is 10.9. The Balaban J connectivity index is 1.77. The summed E-state index contributed by atoms with van der Waals surface area (Å²) in [5.74, 6) is 0. The van der Waals surface area contributed by atoms with E-state index in [2.05, 4.69) is 30.5 Å². The Hall–Kier alpha value is -0.870. The summed E-state index contributed by atoms with van der Waals surface area (Å²) >= 11 is 0. The second kappa shape index (κ2) is 6.17. The summed E-state index contributed by atoms with van der Waals surface area (Å²) in [6, 6.07) is 0.348. The lowest BCUT2D eigenvalue weighted by atomic mass is 10.1. The fourth-order valence-corrected chi connectivity index (χ4v) is 2.17. The Kier molecular flexibility index (Phi) is 4.57. The monoisotopic (exact) mass is 237 g/mol. The van der Waals surface area contributed by atoms with Gasteiger partial charge in [0.05, 0.1) is 12.3 Å². The van der Waals surface area contributed by atoms with Gasteiger partial charge in [-0.1, -0.05) is 0 Å². The van der Waals surface area contributed by atoms with Gasteiger partial charge in [0.25, 0.3) is 0 Å². The fourth-order valence-electron chi connectivity index (χ4n) is 2.17. The van der Waals surface area contributed by atoms with Gasteiger partial charge in [-0.15, -0.1) is 0 Å². The SMILES string of the molecule is CCn1cc(C(C)NCC2CCCCO2)cn1. The molecule has 1 aromatic rings. The van der Waals surface area contributed by atoms with Crippen LogP contribution in [0.1, 0.15) is 44.7 Å². The lowest BCUT2D eigenvalue weighted by Gasteiger charge is -2.24. The summed E-state index contributed by atoms with van der Waals surface area (Å²) in [5, 5.41) is 7.82. The predicted octanol–water partition coefficient (Wildman–Crippen LogP) is 2.12. The van der Waals surface area contributed by atoms with E-state index in [0.717, 1.165) is 19.7 Å². The van der Waals surface area contributed by atoms with E-state index in [1.807, 2.05) is 10.9 Å². The highest BCUT2D eigenvalue weighted by atomic mass is 16.5. The van der Waals surface area contributed by atoms with E-state index in [9.17, 15) is 0 Å². The van der Waals surface area contributed by atoms with E-state index in [-0.39, 0.29) is 0 Å². The van der Waals surface area contributed by atoms with Gasteiger partial charge in [0.15, 0.2) is 0 Å². The molecule has 96 valence electrons. The van der Waals surface area contributed by atoms with E-state index in [1.54, 1.807) is 0 Å². The largest absolute Gasteiger partial charge is 0.377 e. The third kappa shape index (κ3) is 3.54. The fraction of sp³-hybridized carbons (Fsp3) is 0.769. The molecular formula is C13H23N3O. The van der Waals surface area contributed by atoms with Crippen LogP contribution in [0.5, 0.6) is 0 Å². The molecule has 0 radical (unpaired) electrons. The summed E-state index contributed by atoms with van der Waals surface area (Å²) in [6.07, 6.45) is 8.16. The lowest BCUT2D eigenvalue weighted by molar-refractivity contribution is 0.0156.